The van der Waals surface area contributed by atoms with Crippen LogP contribution < -0.4 is 5.73 Å². The Balaban J connectivity index is 2.08. The molecule has 96 valence electrons. The van der Waals surface area contributed by atoms with E-state index in [-0.39, 0.29) is 5.82 Å². The lowest BCUT2D eigenvalue weighted by Crippen LogP contribution is -2.28. The Morgan fingerprint density at radius 2 is 2.06 bits per heavy atom. The lowest BCUT2D eigenvalue weighted by atomic mass is 10.1. The van der Waals surface area contributed by atoms with Gasteiger partial charge >= 0.3 is 0 Å². The number of H-pyrrole nitrogens is 1. The summed E-state index contributed by atoms with van der Waals surface area (Å²) in [6.07, 6.45) is -1.80. The number of nitrogens with one attached hydrogen (secondary N) is 1. The lowest BCUT2D eigenvalue weighted by molar-refractivity contribution is 0.0132. The molecule has 1 saturated heterocycles. The van der Waals surface area contributed by atoms with Crippen molar-refractivity contribution in [3.8, 4) is 0 Å². The predicted octanol–water partition coefficient (Wildman–Crippen LogP) is -0.883. The minimum atomic E-state index is -1.03. The summed E-state index contributed by atoms with van der Waals surface area (Å²) in [5, 5.41) is 26.4. The molecule has 0 bridgehead atoms. The highest BCUT2D eigenvalue weighted by atomic mass is 16.5. The number of aromatic amines is 1. The molecule has 0 spiro atoms. The maximum Gasteiger partial charge on any atom is 0.155 e. The summed E-state index contributed by atoms with van der Waals surface area (Å²) in [5.41, 5.74) is 7.09. The fourth-order valence-electron chi connectivity index (χ4n) is 2.15. The zero-order chi connectivity index (χ0) is 12.9. The molecule has 8 heteroatoms. The molecule has 3 heterocycles. The van der Waals surface area contributed by atoms with Gasteiger partial charge in [0.1, 0.15) is 30.2 Å². The lowest BCUT2D eigenvalue weighted by Gasteiger charge is -2.12. The maximum atomic E-state index is 9.93. The van der Waals surface area contributed by atoms with Crippen LogP contribution in [-0.2, 0) is 4.74 Å². The molecule has 5 N–H and O–H groups in total. The number of anilines is 1. The second kappa shape index (κ2) is 3.87. The van der Waals surface area contributed by atoms with Crippen LogP contribution >= 0.6 is 0 Å². The van der Waals surface area contributed by atoms with Crippen molar-refractivity contribution < 1.29 is 14.9 Å². The minimum absolute atomic E-state index is 0.253. The molecule has 2 aromatic heterocycles. The number of nitrogen functional groups attached to an aromatic ring is 1. The largest absolute Gasteiger partial charge is 0.388 e. The van der Waals surface area contributed by atoms with E-state index in [1.807, 2.05) is 0 Å². The number of rotatable bonds is 1. The van der Waals surface area contributed by atoms with Crippen LogP contribution in [0.25, 0.3) is 11.0 Å². The van der Waals surface area contributed by atoms with Gasteiger partial charge in [-0.3, -0.25) is 5.10 Å². The van der Waals surface area contributed by atoms with Crippen LogP contribution in [0.3, 0.4) is 0 Å². The van der Waals surface area contributed by atoms with Crippen LogP contribution in [0, 0.1) is 0 Å². The van der Waals surface area contributed by atoms with E-state index in [4.69, 9.17) is 10.5 Å². The number of ether oxygens (including phenoxy) is 1. The molecule has 0 aliphatic carbocycles. The van der Waals surface area contributed by atoms with Crippen LogP contribution in [0.1, 0.15) is 18.7 Å². The summed E-state index contributed by atoms with van der Waals surface area (Å²) >= 11 is 0. The Morgan fingerprint density at radius 3 is 2.72 bits per heavy atom. The number of nitrogens with zero attached hydrogens (tertiary/aromatic N) is 3. The van der Waals surface area contributed by atoms with Gasteiger partial charge in [0.05, 0.1) is 11.8 Å². The summed E-state index contributed by atoms with van der Waals surface area (Å²) < 4.78 is 5.51. The van der Waals surface area contributed by atoms with Gasteiger partial charge in [-0.15, -0.1) is 0 Å². The summed E-state index contributed by atoms with van der Waals surface area (Å²) in [6, 6.07) is 0. The Kier molecular flexibility index (Phi) is 2.44. The monoisotopic (exact) mass is 251 g/mol. The first-order valence-electron chi connectivity index (χ1n) is 5.55. The Bertz CT molecular complexity index is 586. The highest BCUT2D eigenvalue weighted by molar-refractivity contribution is 5.85. The van der Waals surface area contributed by atoms with E-state index in [0.717, 1.165) is 0 Å². The van der Waals surface area contributed by atoms with Crippen molar-refractivity contribution in [2.75, 3.05) is 5.73 Å². The van der Waals surface area contributed by atoms with E-state index >= 15 is 0 Å². The molecule has 4 atom stereocenters. The normalized spacial score (nSPS) is 32.2. The van der Waals surface area contributed by atoms with Crippen molar-refractivity contribution in [2.24, 2.45) is 0 Å². The Morgan fingerprint density at radius 1 is 1.28 bits per heavy atom. The average Bonchev–Trinajstić information content (AvgIpc) is 2.88. The van der Waals surface area contributed by atoms with Crippen molar-refractivity contribution in [3.63, 3.8) is 0 Å². The van der Waals surface area contributed by atoms with Gasteiger partial charge in [0.25, 0.3) is 0 Å². The molecule has 18 heavy (non-hydrogen) atoms. The summed E-state index contributed by atoms with van der Waals surface area (Å²) in [7, 11) is 0. The van der Waals surface area contributed by atoms with Gasteiger partial charge in [-0.05, 0) is 6.92 Å². The highest BCUT2D eigenvalue weighted by Crippen LogP contribution is 2.35. The molecule has 0 amide bonds. The Labute approximate surface area is 102 Å². The van der Waals surface area contributed by atoms with Crippen LogP contribution in [0.4, 0.5) is 5.82 Å². The summed E-state index contributed by atoms with van der Waals surface area (Å²) in [4.78, 5) is 7.90. The van der Waals surface area contributed by atoms with Crippen molar-refractivity contribution in [1.29, 1.82) is 0 Å². The first kappa shape index (κ1) is 11.3. The number of aliphatic hydroxyl groups excluding tert-OH is 2. The minimum Gasteiger partial charge on any atom is -0.388 e. The van der Waals surface area contributed by atoms with Crippen LogP contribution in [-0.4, -0.2) is 48.7 Å². The molecule has 1 fully saturated rings. The van der Waals surface area contributed by atoms with Crippen LogP contribution in [0.15, 0.2) is 6.33 Å². The molecule has 4 unspecified atom stereocenters. The third kappa shape index (κ3) is 1.47. The van der Waals surface area contributed by atoms with Crippen molar-refractivity contribution >= 4 is 16.9 Å². The fourth-order valence-corrected chi connectivity index (χ4v) is 2.15. The molecule has 3 rings (SSSR count). The van der Waals surface area contributed by atoms with Gasteiger partial charge in [0.15, 0.2) is 11.3 Å². The third-order valence-electron chi connectivity index (χ3n) is 3.18. The number of nitrogens with two attached hydrogens (primary N) is 1. The van der Waals surface area contributed by atoms with Gasteiger partial charge in [0, 0.05) is 0 Å². The van der Waals surface area contributed by atoms with E-state index < -0.39 is 24.4 Å². The first-order chi connectivity index (χ1) is 8.59. The van der Waals surface area contributed by atoms with Crippen molar-refractivity contribution in [2.45, 2.75) is 31.3 Å². The Hall–Kier alpha value is -1.77. The van der Waals surface area contributed by atoms with E-state index in [9.17, 15) is 10.2 Å². The van der Waals surface area contributed by atoms with Gasteiger partial charge in [0.2, 0.25) is 0 Å². The second-order valence-electron chi connectivity index (χ2n) is 4.34. The number of hydrogen-bond donors (Lipinski definition) is 4. The molecule has 1 aliphatic heterocycles. The third-order valence-corrected chi connectivity index (χ3v) is 3.18. The topological polar surface area (TPSA) is 130 Å². The molecular formula is C10H13N5O3. The van der Waals surface area contributed by atoms with Gasteiger partial charge in [-0.25, -0.2) is 9.97 Å². The summed E-state index contributed by atoms with van der Waals surface area (Å²) in [5.74, 6) is 0.253. The highest BCUT2D eigenvalue weighted by Gasteiger charge is 2.42. The number of fused-ring (bicyclic) bond motifs is 1. The number of aliphatic hydroxyl groups is 2. The quantitative estimate of drug-likeness (QED) is 0.517. The van der Waals surface area contributed by atoms with E-state index in [1.165, 1.54) is 6.33 Å². The second-order valence-corrected chi connectivity index (χ2v) is 4.34. The average molecular weight is 251 g/mol. The molecule has 1 aliphatic rings. The molecule has 8 nitrogen and oxygen atoms in total. The van der Waals surface area contributed by atoms with Crippen LogP contribution in [0.2, 0.25) is 0 Å². The zero-order valence-corrected chi connectivity index (χ0v) is 9.61. The van der Waals surface area contributed by atoms with Gasteiger partial charge < -0.3 is 20.7 Å². The SMILES string of the molecule is CC1OC(c2[nH]nc3c(N)ncnc23)C(O)C1O. The number of aromatic nitrogens is 4. The summed E-state index contributed by atoms with van der Waals surface area (Å²) in [6.45, 7) is 1.69. The van der Waals surface area contributed by atoms with E-state index in [0.29, 0.717) is 16.7 Å². The molecule has 0 saturated carbocycles. The smallest absolute Gasteiger partial charge is 0.155 e. The maximum absolute atomic E-state index is 9.93. The van der Waals surface area contributed by atoms with E-state index in [1.54, 1.807) is 6.92 Å². The van der Waals surface area contributed by atoms with Crippen LogP contribution in [0.5, 0.6) is 0 Å². The zero-order valence-electron chi connectivity index (χ0n) is 9.61. The molecular weight excluding hydrogens is 238 g/mol. The van der Waals surface area contributed by atoms with Crippen molar-refractivity contribution in [3.05, 3.63) is 12.0 Å². The molecule has 0 aromatic carbocycles. The predicted molar refractivity (Wildman–Crippen MR) is 61.4 cm³/mol. The van der Waals surface area contributed by atoms with E-state index in [2.05, 4.69) is 20.2 Å². The molecule has 2 aromatic rings. The van der Waals surface area contributed by atoms with Gasteiger partial charge in [-0.2, -0.15) is 5.10 Å². The molecule has 0 radical (unpaired) electrons. The van der Waals surface area contributed by atoms with Gasteiger partial charge in [-0.1, -0.05) is 0 Å². The first-order valence-corrected chi connectivity index (χ1v) is 5.55. The standard InChI is InChI=1S/C10H13N5O3/c1-3-7(16)8(17)9(18-3)5-4-6(15-14-5)10(11)13-2-12-4/h2-3,7-9,16-17H,1H3,(H,14,15)(H2,11,12,13). The fraction of sp³-hybridized carbons (Fsp3) is 0.500. The number of hydrogen-bond acceptors (Lipinski definition) is 7. The van der Waals surface area contributed by atoms with Crippen molar-refractivity contribution in [1.82, 2.24) is 20.2 Å².